The predicted octanol–water partition coefficient (Wildman–Crippen LogP) is 1.26. The lowest BCUT2D eigenvalue weighted by atomic mass is 9.76. The molecular weight excluding hydrogens is 243 g/mol. The van der Waals surface area contributed by atoms with Crippen LogP contribution < -0.4 is 5.46 Å². The molecule has 2 rings (SSSR count). The van der Waals surface area contributed by atoms with Crippen molar-refractivity contribution in [2.75, 3.05) is 6.61 Å². The summed E-state index contributed by atoms with van der Waals surface area (Å²) in [6, 6.07) is 5.81. The first-order chi connectivity index (χ1) is 9.22. The Morgan fingerprint density at radius 2 is 2.42 bits per heavy atom. The summed E-state index contributed by atoms with van der Waals surface area (Å²) >= 11 is 0. The molecule has 0 saturated heterocycles. The van der Waals surface area contributed by atoms with Gasteiger partial charge in [-0.05, 0) is 29.9 Å². The Hall–Kier alpha value is -1.59. The van der Waals surface area contributed by atoms with Crippen LogP contribution in [0.2, 0.25) is 0 Å². The molecule has 0 atom stereocenters. The van der Waals surface area contributed by atoms with Crippen molar-refractivity contribution in [3.05, 3.63) is 35.4 Å². The highest BCUT2D eigenvalue weighted by Crippen LogP contribution is 2.14. The number of fused-ring (bicyclic) bond motifs is 1. The molecule has 4 nitrogen and oxygen atoms in total. The Labute approximate surface area is 113 Å². The number of esters is 1. The Morgan fingerprint density at radius 1 is 1.58 bits per heavy atom. The fourth-order valence-corrected chi connectivity index (χ4v) is 2.10. The lowest BCUT2D eigenvalue weighted by Crippen LogP contribution is -2.30. The third kappa shape index (κ3) is 3.46. The summed E-state index contributed by atoms with van der Waals surface area (Å²) in [4.78, 5) is 11.2. The van der Waals surface area contributed by atoms with Gasteiger partial charge in [-0.25, -0.2) is 0 Å². The minimum Gasteiger partial charge on any atom is -0.466 e. The average Bonchev–Trinajstić information content (AvgIpc) is 2.78. The number of allylic oxidation sites excluding steroid dienone is 1. The number of carbonyl (C=O) groups excluding carboxylic acids is 1. The standard InChI is InChI=1S/C14H17BO4/c1-2-18-13(16)9-4-3-6-11-7-5-8-12-10-19-15(17)14(11)12/h3,5-8,17H,2,4,9-10H2,1H3/b6-3+. The largest absolute Gasteiger partial charge is 0.492 e. The molecule has 0 bridgehead atoms. The van der Waals surface area contributed by atoms with Crippen molar-refractivity contribution in [3.63, 3.8) is 0 Å². The first kappa shape index (κ1) is 13.8. The van der Waals surface area contributed by atoms with E-state index in [9.17, 15) is 9.82 Å². The molecule has 1 aromatic rings. The number of rotatable bonds is 5. The van der Waals surface area contributed by atoms with E-state index >= 15 is 0 Å². The molecule has 0 aliphatic carbocycles. The normalized spacial score (nSPS) is 13.9. The number of hydrogen-bond acceptors (Lipinski definition) is 4. The maximum Gasteiger partial charge on any atom is 0.492 e. The average molecular weight is 260 g/mol. The summed E-state index contributed by atoms with van der Waals surface area (Å²) in [5, 5.41) is 9.75. The van der Waals surface area contributed by atoms with Crippen LogP contribution in [0, 0.1) is 0 Å². The van der Waals surface area contributed by atoms with Crippen LogP contribution in [0.3, 0.4) is 0 Å². The summed E-state index contributed by atoms with van der Waals surface area (Å²) in [5.74, 6) is -0.186. The summed E-state index contributed by atoms with van der Waals surface area (Å²) < 4.78 is 10.0. The maximum absolute atomic E-state index is 11.2. The number of hydrogen-bond donors (Lipinski definition) is 1. The molecule has 0 fully saturated rings. The van der Waals surface area contributed by atoms with Crippen molar-refractivity contribution in [1.82, 2.24) is 0 Å². The molecule has 0 aromatic heterocycles. The third-order valence-electron chi connectivity index (χ3n) is 2.99. The van der Waals surface area contributed by atoms with E-state index in [2.05, 4.69) is 0 Å². The fourth-order valence-electron chi connectivity index (χ4n) is 2.10. The zero-order valence-corrected chi connectivity index (χ0v) is 11.0. The molecule has 1 aromatic carbocycles. The van der Waals surface area contributed by atoms with E-state index in [4.69, 9.17) is 9.39 Å². The van der Waals surface area contributed by atoms with Gasteiger partial charge < -0.3 is 14.4 Å². The molecule has 0 radical (unpaired) electrons. The van der Waals surface area contributed by atoms with Crippen molar-refractivity contribution < 1.29 is 19.2 Å². The van der Waals surface area contributed by atoms with Crippen LogP contribution in [0.25, 0.3) is 6.08 Å². The Balaban J connectivity index is 1.97. The summed E-state index contributed by atoms with van der Waals surface area (Å²) in [5.41, 5.74) is 2.78. The van der Waals surface area contributed by atoms with E-state index in [0.717, 1.165) is 16.6 Å². The van der Waals surface area contributed by atoms with Crippen molar-refractivity contribution in [2.24, 2.45) is 0 Å². The Bertz CT molecular complexity index is 484. The second kappa shape index (κ2) is 6.54. The van der Waals surface area contributed by atoms with E-state index in [1.165, 1.54) is 0 Å². The zero-order valence-electron chi connectivity index (χ0n) is 11.0. The van der Waals surface area contributed by atoms with Crippen molar-refractivity contribution >= 4 is 24.6 Å². The van der Waals surface area contributed by atoms with E-state index in [0.29, 0.717) is 26.1 Å². The molecule has 1 N–H and O–H groups in total. The van der Waals surface area contributed by atoms with Crippen molar-refractivity contribution in [2.45, 2.75) is 26.4 Å². The van der Waals surface area contributed by atoms with E-state index < -0.39 is 7.12 Å². The summed E-state index contributed by atoms with van der Waals surface area (Å²) in [7, 11) is -0.846. The SMILES string of the molecule is CCOC(=O)CC/C=C/c1cccc2c1B(O)OC2. The van der Waals surface area contributed by atoms with Crippen LogP contribution in [-0.2, 0) is 20.8 Å². The molecular formula is C14H17BO4. The molecule has 5 heteroatoms. The second-order valence-corrected chi connectivity index (χ2v) is 4.33. The van der Waals surface area contributed by atoms with Gasteiger partial charge in [0.25, 0.3) is 0 Å². The summed E-state index contributed by atoms with van der Waals surface area (Å²) in [6.45, 7) is 2.65. The molecule has 1 aliphatic heterocycles. The van der Waals surface area contributed by atoms with Gasteiger partial charge in [-0.15, -0.1) is 0 Å². The Morgan fingerprint density at radius 3 is 3.21 bits per heavy atom. The van der Waals surface area contributed by atoms with Gasteiger partial charge in [0.2, 0.25) is 0 Å². The van der Waals surface area contributed by atoms with Crippen molar-refractivity contribution in [1.29, 1.82) is 0 Å². The van der Waals surface area contributed by atoms with E-state index in [1.807, 2.05) is 30.4 Å². The molecule has 100 valence electrons. The molecule has 0 unspecified atom stereocenters. The van der Waals surface area contributed by atoms with Crippen LogP contribution in [-0.4, -0.2) is 24.7 Å². The van der Waals surface area contributed by atoms with Crippen molar-refractivity contribution in [3.8, 4) is 0 Å². The number of carbonyl (C=O) groups is 1. The Kier molecular flexibility index (Phi) is 4.77. The zero-order chi connectivity index (χ0) is 13.7. The summed E-state index contributed by atoms with van der Waals surface area (Å²) in [6.07, 6.45) is 4.82. The first-order valence-corrected chi connectivity index (χ1v) is 6.46. The predicted molar refractivity (Wildman–Crippen MR) is 73.7 cm³/mol. The molecule has 1 aliphatic rings. The van der Waals surface area contributed by atoms with Gasteiger partial charge in [-0.2, -0.15) is 0 Å². The van der Waals surface area contributed by atoms with Gasteiger partial charge >= 0.3 is 13.1 Å². The van der Waals surface area contributed by atoms with Crippen LogP contribution in [0.5, 0.6) is 0 Å². The second-order valence-electron chi connectivity index (χ2n) is 4.33. The smallest absolute Gasteiger partial charge is 0.466 e. The van der Waals surface area contributed by atoms with Gasteiger partial charge in [-0.3, -0.25) is 4.79 Å². The van der Waals surface area contributed by atoms with Crippen LogP contribution in [0.15, 0.2) is 24.3 Å². The number of benzene rings is 1. The van der Waals surface area contributed by atoms with Gasteiger partial charge in [0, 0.05) is 6.42 Å². The minimum atomic E-state index is -0.846. The van der Waals surface area contributed by atoms with E-state index in [1.54, 1.807) is 6.92 Å². The van der Waals surface area contributed by atoms with Gasteiger partial charge in [0.1, 0.15) is 0 Å². The molecule has 0 spiro atoms. The fraction of sp³-hybridized carbons (Fsp3) is 0.357. The molecule has 19 heavy (non-hydrogen) atoms. The number of ether oxygens (including phenoxy) is 1. The highest BCUT2D eigenvalue weighted by Gasteiger charge is 2.28. The van der Waals surface area contributed by atoms with Gasteiger partial charge in [-0.1, -0.05) is 30.4 Å². The first-order valence-electron chi connectivity index (χ1n) is 6.46. The van der Waals surface area contributed by atoms with Crippen LogP contribution >= 0.6 is 0 Å². The van der Waals surface area contributed by atoms with Crippen LogP contribution in [0.1, 0.15) is 30.9 Å². The molecule has 0 saturated carbocycles. The van der Waals surface area contributed by atoms with Gasteiger partial charge in [0.15, 0.2) is 0 Å². The monoisotopic (exact) mass is 260 g/mol. The quantitative estimate of drug-likeness (QED) is 0.639. The van der Waals surface area contributed by atoms with E-state index in [-0.39, 0.29) is 5.97 Å². The van der Waals surface area contributed by atoms with Gasteiger partial charge in [0.05, 0.1) is 13.2 Å². The van der Waals surface area contributed by atoms with Crippen LogP contribution in [0.4, 0.5) is 0 Å². The maximum atomic E-state index is 11.2. The third-order valence-corrected chi connectivity index (χ3v) is 2.99. The topological polar surface area (TPSA) is 55.8 Å². The highest BCUT2D eigenvalue weighted by molar-refractivity contribution is 6.62. The molecule has 0 amide bonds. The lowest BCUT2D eigenvalue weighted by molar-refractivity contribution is -0.142. The minimum absolute atomic E-state index is 0.186. The lowest BCUT2D eigenvalue weighted by Gasteiger charge is -2.03. The highest BCUT2D eigenvalue weighted by atomic mass is 16.5. The molecule has 1 heterocycles.